The Labute approximate surface area is 66.4 Å². The molecule has 0 aromatic heterocycles. The van der Waals surface area contributed by atoms with Crippen LogP contribution in [0, 0.1) is 0 Å². The molecule has 0 bridgehead atoms. The van der Waals surface area contributed by atoms with Crippen LogP contribution in [0.25, 0.3) is 0 Å². The van der Waals surface area contributed by atoms with Gasteiger partial charge in [0.2, 0.25) is 0 Å². The van der Waals surface area contributed by atoms with Gasteiger partial charge in [-0.1, -0.05) is 30.3 Å². The maximum absolute atomic E-state index is 9.30. The van der Waals surface area contributed by atoms with E-state index >= 15 is 0 Å². The van der Waals surface area contributed by atoms with Gasteiger partial charge < -0.3 is 9.84 Å². The summed E-state index contributed by atoms with van der Waals surface area (Å²) in [5.74, 6) is 0. The smallest absolute Gasteiger partial charge is 0.181 e. The van der Waals surface area contributed by atoms with Crippen molar-refractivity contribution in [1.82, 2.24) is 0 Å². The molecule has 0 radical (unpaired) electrons. The van der Waals surface area contributed by atoms with E-state index in [9.17, 15) is 5.11 Å². The minimum Gasteiger partial charge on any atom is -0.364 e. The minimum absolute atomic E-state index is 0.524. The summed E-state index contributed by atoms with van der Waals surface area (Å²) in [6.45, 7) is 2.38. The van der Waals surface area contributed by atoms with Crippen LogP contribution in [0.5, 0.6) is 0 Å². The van der Waals surface area contributed by atoms with E-state index in [4.69, 9.17) is 4.74 Å². The first-order valence-corrected chi connectivity index (χ1v) is 3.69. The third kappa shape index (κ3) is 2.33. The summed E-state index contributed by atoms with van der Waals surface area (Å²) in [4.78, 5) is 0. The van der Waals surface area contributed by atoms with E-state index in [2.05, 4.69) is 0 Å². The van der Waals surface area contributed by atoms with Gasteiger partial charge in [0.25, 0.3) is 0 Å². The molecule has 0 heterocycles. The third-order valence-corrected chi connectivity index (χ3v) is 1.41. The summed E-state index contributed by atoms with van der Waals surface area (Å²) in [6, 6.07) is 9.32. The molecule has 0 saturated heterocycles. The van der Waals surface area contributed by atoms with Crippen LogP contribution in [0.15, 0.2) is 30.3 Å². The van der Waals surface area contributed by atoms with Gasteiger partial charge in [-0.2, -0.15) is 0 Å². The van der Waals surface area contributed by atoms with E-state index in [1.807, 2.05) is 37.3 Å². The van der Waals surface area contributed by atoms with Crippen molar-refractivity contribution in [3.05, 3.63) is 35.9 Å². The average molecular weight is 152 g/mol. The molecule has 0 aliphatic rings. The summed E-state index contributed by atoms with van der Waals surface area (Å²) in [6.07, 6.45) is -0.777. The SMILES string of the molecule is CCO[C@H](O)c1ccccc1. The highest BCUT2D eigenvalue weighted by molar-refractivity contribution is 5.15. The van der Waals surface area contributed by atoms with E-state index < -0.39 is 6.29 Å². The largest absolute Gasteiger partial charge is 0.364 e. The van der Waals surface area contributed by atoms with Gasteiger partial charge in [-0.15, -0.1) is 0 Å². The molecule has 0 aliphatic carbocycles. The van der Waals surface area contributed by atoms with E-state index in [1.165, 1.54) is 0 Å². The van der Waals surface area contributed by atoms with Crippen molar-refractivity contribution in [3.63, 3.8) is 0 Å². The Balaban J connectivity index is 2.61. The topological polar surface area (TPSA) is 29.5 Å². The van der Waals surface area contributed by atoms with Crippen LogP contribution in [-0.2, 0) is 4.74 Å². The normalized spacial score (nSPS) is 12.9. The Hall–Kier alpha value is -0.860. The molecule has 0 aliphatic heterocycles. The molecule has 11 heavy (non-hydrogen) atoms. The van der Waals surface area contributed by atoms with E-state index in [0.29, 0.717) is 6.61 Å². The highest BCUT2D eigenvalue weighted by Crippen LogP contribution is 2.12. The first kappa shape index (κ1) is 8.24. The number of aliphatic hydroxyl groups excluding tert-OH is 1. The lowest BCUT2D eigenvalue weighted by atomic mass is 10.2. The Kier molecular flexibility index (Phi) is 3.08. The second kappa shape index (κ2) is 4.11. The molecule has 0 amide bonds. The van der Waals surface area contributed by atoms with Gasteiger partial charge in [0.15, 0.2) is 6.29 Å². The molecule has 0 unspecified atom stereocenters. The minimum atomic E-state index is -0.777. The predicted octanol–water partition coefficient (Wildman–Crippen LogP) is 1.71. The van der Waals surface area contributed by atoms with Crippen molar-refractivity contribution in [1.29, 1.82) is 0 Å². The molecule has 1 aromatic carbocycles. The maximum Gasteiger partial charge on any atom is 0.181 e. The zero-order valence-corrected chi connectivity index (χ0v) is 6.53. The summed E-state index contributed by atoms with van der Waals surface area (Å²) < 4.78 is 4.98. The number of aliphatic hydroxyl groups is 1. The second-order valence-electron chi connectivity index (χ2n) is 2.22. The van der Waals surface area contributed by atoms with Crippen LogP contribution in [0.1, 0.15) is 18.8 Å². The molecule has 0 spiro atoms. The second-order valence-corrected chi connectivity index (χ2v) is 2.22. The fourth-order valence-corrected chi connectivity index (χ4v) is 0.872. The summed E-state index contributed by atoms with van der Waals surface area (Å²) in [7, 11) is 0. The quantitative estimate of drug-likeness (QED) is 0.668. The Morgan fingerprint density at radius 3 is 2.55 bits per heavy atom. The number of ether oxygens (including phenoxy) is 1. The number of rotatable bonds is 3. The first-order valence-electron chi connectivity index (χ1n) is 3.69. The standard InChI is InChI=1S/C9H12O2/c1-2-11-9(10)8-6-4-3-5-7-8/h3-7,9-10H,2H2,1H3/t9-/m0/s1. The number of hydrogen-bond donors (Lipinski definition) is 1. The van der Waals surface area contributed by atoms with Gasteiger partial charge in [0.05, 0.1) is 0 Å². The van der Waals surface area contributed by atoms with Crippen molar-refractivity contribution in [2.45, 2.75) is 13.2 Å². The fourth-order valence-electron chi connectivity index (χ4n) is 0.872. The Morgan fingerprint density at radius 2 is 2.00 bits per heavy atom. The monoisotopic (exact) mass is 152 g/mol. The van der Waals surface area contributed by atoms with Crippen LogP contribution in [0.2, 0.25) is 0 Å². The Morgan fingerprint density at radius 1 is 1.36 bits per heavy atom. The highest BCUT2D eigenvalue weighted by Gasteiger charge is 2.03. The van der Waals surface area contributed by atoms with Crippen LogP contribution in [-0.4, -0.2) is 11.7 Å². The van der Waals surface area contributed by atoms with Crippen molar-refractivity contribution >= 4 is 0 Å². The summed E-state index contributed by atoms with van der Waals surface area (Å²) in [5, 5.41) is 9.30. The lowest BCUT2D eigenvalue weighted by Crippen LogP contribution is -2.01. The molecule has 0 fully saturated rings. The van der Waals surface area contributed by atoms with Crippen LogP contribution in [0.3, 0.4) is 0 Å². The van der Waals surface area contributed by atoms with Gasteiger partial charge in [-0.3, -0.25) is 0 Å². The van der Waals surface area contributed by atoms with Gasteiger partial charge in [-0.25, -0.2) is 0 Å². The third-order valence-electron chi connectivity index (χ3n) is 1.41. The molecule has 1 atom stereocenters. The maximum atomic E-state index is 9.30. The molecule has 2 heteroatoms. The first-order chi connectivity index (χ1) is 5.34. The average Bonchev–Trinajstić information content (AvgIpc) is 2.07. The van der Waals surface area contributed by atoms with Gasteiger partial charge >= 0.3 is 0 Å². The Bertz CT molecular complexity index is 196. The van der Waals surface area contributed by atoms with Crippen molar-refractivity contribution in [2.75, 3.05) is 6.61 Å². The number of benzene rings is 1. The van der Waals surface area contributed by atoms with Crippen LogP contribution in [0.4, 0.5) is 0 Å². The molecule has 0 saturated carbocycles. The van der Waals surface area contributed by atoms with Gasteiger partial charge in [-0.05, 0) is 6.92 Å². The van der Waals surface area contributed by atoms with Gasteiger partial charge in [0.1, 0.15) is 0 Å². The fraction of sp³-hybridized carbons (Fsp3) is 0.333. The van der Waals surface area contributed by atoms with Crippen LogP contribution < -0.4 is 0 Å². The van der Waals surface area contributed by atoms with Crippen molar-refractivity contribution in [3.8, 4) is 0 Å². The molecular formula is C9H12O2. The highest BCUT2D eigenvalue weighted by atomic mass is 16.6. The van der Waals surface area contributed by atoms with Crippen molar-refractivity contribution in [2.24, 2.45) is 0 Å². The molecule has 2 nitrogen and oxygen atoms in total. The predicted molar refractivity (Wildman–Crippen MR) is 43.0 cm³/mol. The number of hydrogen-bond acceptors (Lipinski definition) is 2. The zero-order valence-electron chi connectivity index (χ0n) is 6.53. The van der Waals surface area contributed by atoms with Crippen molar-refractivity contribution < 1.29 is 9.84 Å². The molecule has 60 valence electrons. The molecular weight excluding hydrogens is 140 g/mol. The molecule has 1 rings (SSSR count). The summed E-state index contributed by atoms with van der Waals surface area (Å²) >= 11 is 0. The zero-order chi connectivity index (χ0) is 8.10. The lowest BCUT2D eigenvalue weighted by molar-refractivity contribution is -0.0979. The van der Waals surface area contributed by atoms with Crippen LogP contribution >= 0.6 is 0 Å². The summed E-state index contributed by atoms with van der Waals surface area (Å²) in [5.41, 5.74) is 0.800. The van der Waals surface area contributed by atoms with E-state index in [-0.39, 0.29) is 0 Å². The lowest BCUT2D eigenvalue weighted by Gasteiger charge is -2.09. The molecule has 1 aromatic rings. The molecule has 1 N–H and O–H groups in total. The van der Waals surface area contributed by atoms with E-state index in [0.717, 1.165) is 5.56 Å². The van der Waals surface area contributed by atoms with Gasteiger partial charge in [0, 0.05) is 12.2 Å². The van der Waals surface area contributed by atoms with E-state index in [1.54, 1.807) is 0 Å².